The van der Waals surface area contributed by atoms with E-state index in [-0.39, 0.29) is 0 Å². The van der Waals surface area contributed by atoms with Crippen LogP contribution < -0.4 is 5.73 Å². The molecule has 0 aromatic carbocycles. The Hall–Kier alpha value is -1.92. The molecular formula is C13H11ClN4OS. The zero-order chi connectivity index (χ0) is 14.3. The minimum atomic E-state index is 0.355. The van der Waals surface area contributed by atoms with Gasteiger partial charge in [0, 0.05) is 11.1 Å². The number of thiophene rings is 1. The molecule has 2 N–H and O–H groups in total. The number of halogens is 1. The van der Waals surface area contributed by atoms with Crippen molar-refractivity contribution in [3.63, 3.8) is 0 Å². The number of nitrogens with two attached hydrogens (primary N) is 1. The first-order chi connectivity index (χ1) is 9.58. The van der Waals surface area contributed by atoms with Crippen LogP contribution in [0.5, 0.6) is 0 Å². The van der Waals surface area contributed by atoms with Crippen LogP contribution in [-0.2, 0) is 0 Å². The Kier molecular flexibility index (Phi) is 3.19. The number of anilines is 1. The number of pyridine rings is 1. The SMILES string of the molecule is Cc1sc(N)c(-c2nc(-c3ncccc3Cl)no2)c1C. The van der Waals surface area contributed by atoms with Gasteiger partial charge in [0.15, 0.2) is 0 Å². The number of hydrogen-bond donors (Lipinski definition) is 1. The number of aromatic nitrogens is 3. The highest BCUT2D eigenvalue weighted by molar-refractivity contribution is 7.16. The van der Waals surface area contributed by atoms with Gasteiger partial charge in [-0.15, -0.1) is 11.3 Å². The number of nitrogens with zero attached hydrogens (tertiary/aromatic N) is 3. The van der Waals surface area contributed by atoms with E-state index in [2.05, 4.69) is 15.1 Å². The van der Waals surface area contributed by atoms with Crippen LogP contribution >= 0.6 is 22.9 Å². The molecule has 3 aromatic heterocycles. The van der Waals surface area contributed by atoms with E-state index in [0.29, 0.717) is 27.4 Å². The Morgan fingerprint density at radius 3 is 2.80 bits per heavy atom. The van der Waals surface area contributed by atoms with Gasteiger partial charge in [0.05, 0.1) is 15.6 Å². The summed E-state index contributed by atoms with van der Waals surface area (Å²) in [5.41, 5.74) is 8.33. The van der Waals surface area contributed by atoms with Crippen molar-refractivity contribution in [3.8, 4) is 23.0 Å². The predicted molar refractivity (Wildman–Crippen MR) is 79.7 cm³/mol. The molecule has 3 rings (SSSR count). The second kappa shape index (κ2) is 4.88. The van der Waals surface area contributed by atoms with Crippen molar-refractivity contribution in [1.82, 2.24) is 15.1 Å². The molecule has 0 saturated heterocycles. The molecule has 3 aromatic rings. The molecule has 0 saturated carbocycles. The topological polar surface area (TPSA) is 77.8 Å². The number of nitrogen functional groups attached to an aromatic ring is 1. The summed E-state index contributed by atoms with van der Waals surface area (Å²) in [5.74, 6) is 0.745. The summed E-state index contributed by atoms with van der Waals surface area (Å²) < 4.78 is 5.30. The van der Waals surface area contributed by atoms with Gasteiger partial charge in [-0.2, -0.15) is 4.98 Å². The van der Waals surface area contributed by atoms with Crippen molar-refractivity contribution in [2.24, 2.45) is 0 Å². The lowest BCUT2D eigenvalue weighted by Crippen LogP contribution is -1.88. The van der Waals surface area contributed by atoms with Gasteiger partial charge in [-0.1, -0.05) is 16.8 Å². The standard InChI is InChI=1S/C13H11ClN4OS/c1-6-7(2)20-11(15)9(6)13-17-12(18-19-13)10-8(14)4-3-5-16-10/h3-5H,15H2,1-2H3. The molecule has 0 aliphatic rings. The highest BCUT2D eigenvalue weighted by Crippen LogP contribution is 2.37. The van der Waals surface area contributed by atoms with Gasteiger partial charge in [-0.3, -0.25) is 4.98 Å². The van der Waals surface area contributed by atoms with Gasteiger partial charge in [-0.05, 0) is 31.5 Å². The molecule has 5 nitrogen and oxygen atoms in total. The lowest BCUT2D eigenvalue weighted by atomic mass is 10.1. The number of rotatable bonds is 2. The first-order valence-corrected chi connectivity index (χ1v) is 7.08. The largest absolute Gasteiger partial charge is 0.390 e. The minimum absolute atomic E-state index is 0.355. The second-order valence-corrected chi connectivity index (χ2v) is 5.94. The van der Waals surface area contributed by atoms with E-state index in [4.69, 9.17) is 21.9 Å². The fourth-order valence-electron chi connectivity index (χ4n) is 1.89. The Morgan fingerprint density at radius 2 is 2.15 bits per heavy atom. The van der Waals surface area contributed by atoms with Crippen molar-refractivity contribution in [2.45, 2.75) is 13.8 Å². The second-order valence-electron chi connectivity index (χ2n) is 4.28. The molecule has 0 atom stereocenters. The Morgan fingerprint density at radius 1 is 1.35 bits per heavy atom. The van der Waals surface area contributed by atoms with Crippen molar-refractivity contribution in [2.75, 3.05) is 5.73 Å². The normalized spacial score (nSPS) is 10.9. The quantitative estimate of drug-likeness (QED) is 0.781. The van der Waals surface area contributed by atoms with Crippen LogP contribution in [0.25, 0.3) is 23.0 Å². The minimum Gasteiger partial charge on any atom is -0.390 e. The van der Waals surface area contributed by atoms with E-state index in [1.165, 1.54) is 11.3 Å². The molecule has 0 aliphatic heterocycles. The molecule has 0 radical (unpaired) electrons. The molecule has 102 valence electrons. The monoisotopic (exact) mass is 306 g/mol. The van der Waals surface area contributed by atoms with E-state index in [0.717, 1.165) is 16.0 Å². The van der Waals surface area contributed by atoms with Crippen LogP contribution in [0, 0.1) is 13.8 Å². The summed E-state index contributed by atoms with van der Waals surface area (Å²) in [6, 6.07) is 3.48. The molecule has 3 heterocycles. The third kappa shape index (κ3) is 2.07. The van der Waals surface area contributed by atoms with Gasteiger partial charge in [0.25, 0.3) is 5.89 Å². The third-order valence-electron chi connectivity index (χ3n) is 3.02. The summed E-state index contributed by atoms with van der Waals surface area (Å²) in [7, 11) is 0. The van der Waals surface area contributed by atoms with E-state index >= 15 is 0 Å². The van der Waals surface area contributed by atoms with Gasteiger partial charge < -0.3 is 10.3 Å². The predicted octanol–water partition coefficient (Wildman–Crippen LogP) is 3.71. The molecule has 20 heavy (non-hydrogen) atoms. The van der Waals surface area contributed by atoms with Crippen LogP contribution in [-0.4, -0.2) is 15.1 Å². The molecule has 0 unspecified atom stereocenters. The Balaban J connectivity index is 2.09. The summed E-state index contributed by atoms with van der Waals surface area (Å²) >= 11 is 7.58. The van der Waals surface area contributed by atoms with Crippen LogP contribution in [0.4, 0.5) is 5.00 Å². The lowest BCUT2D eigenvalue weighted by molar-refractivity contribution is 0.432. The molecule has 0 fully saturated rings. The number of hydrogen-bond acceptors (Lipinski definition) is 6. The van der Waals surface area contributed by atoms with Crippen molar-refractivity contribution >= 4 is 27.9 Å². The summed E-state index contributed by atoms with van der Waals surface area (Å²) in [6.07, 6.45) is 1.63. The first-order valence-electron chi connectivity index (χ1n) is 5.88. The van der Waals surface area contributed by atoms with Crippen molar-refractivity contribution < 1.29 is 4.52 Å². The average Bonchev–Trinajstić information content (AvgIpc) is 2.96. The van der Waals surface area contributed by atoms with E-state index in [9.17, 15) is 0 Å². The summed E-state index contributed by atoms with van der Waals surface area (Å²) in [5, 5.41) is 5.08. The maximum absolute atomic E-state index is 6.07. The van der Waals surface area contributed by atoms with Crippen molar-refractivity contribution in [1.29, 1.82) is 0 Å². The fourth-order valence-corrected chi connectivity index (χ4v) is 3.02. The Labute approximate surface area is 124 Å². The molecule has 0 spiro atoms. The van der Waals surface area contributed by atoms with Crippen LogP contribution in [0.15, 0.2) is 22.9 Å². The lowest BCUT2D eigenvalue weighted by Gasteiger charge is -1.96. The fraction of sp³-hybridized carbons (Fsp3) is 0.154. The first kappa shape index (κ1) is 13.1. The van der Waals surface area contributed by atoms with Gasteiger partial charge in [-0.25, -0.2) is 0 Å². The Bertz CT molecular complexity index is 781. The highest BCUT2D eigenvalue weighted by atomic mass is 35.5. The number of aryl methyl sites for hydroxylation is 1. The van der Waals surface area contributed by atoms with Gasteiger partial charge in [0.1, 0.15) is 5.69 Å². The molecule has 7 heteroatoms. The van der Waals surface area contributed by atoms with Gasteiger partial charge >= 0.3 is 0 Å². The smallest absolute Gasteiger partial charge is 0.261 e. The highest BCUT2D eigenvalue weighted by Gasteiger charge is 2.20. The summed E-state index contributed by atoms with van der Waals surface area (Å²) in [4.78, 5) is 9.64. The maximum Gasteiger partial charge on any atom is 0.261 e. The molecule has 0 aliphatic carbocycles. The third-order valence-corrected chi connectivity index (χ3v) is 4.36. The van der Waals surface area contributed by atoms with E-state index < -0.39 is 0 Å². The van der Waals surface area contributed by atoms with E-state index in [1.807, 2.05) is 13.8 Å². The van der Waals surface area contributed by atoms with E-state index in [1.54, 1.807) is 18.3 Å². The molecular weight excluding hydrogens is 296 g/mol. The average molecular weight is 307 g/mol. The maximum atomic E-state index is 6.07. The zero-order valence-corrected chi connectivity index (χ0v) is 12.4. The molecule has 0 amide bonds. The van der Waals surface area contributed by atoms with Gasteiger partial charge in [0.2, 0.25) is 5.82 Å². The van der Waals surface area contributed by atoms with Crippen LogP contribution in [0.2, 0.25) is 5.02 Å². The zero-order valence-electron chi connectivity index (χ0n) is 10.8. The van der Waals surface area contributed by atoms with Crippen LogP contribution in [0.1, 0.15) is 10.4 Å². The van der Waals surface area contributed by atoms with Crippen LogP contribution in [0.3, 0.4) is 0 Å². The summed E-state index contributed by atoms with van der Waals surface area (Å²) in [6.45, 7) is 3.99. The van der Waals surface area contributed by atoms with Crippen molar-refractivity contribution in [3.05, 3.63) is 33.8 Å². The molecule has 0 bridgehead atoms.